The molecule has 0 rings (SSSR count). The molecule has 0 aromatic heterocycles. The molecule has 0 aromatic rings. The van der Waals surface area contributed by atoms with Gasteiger partial charge in [-0.05, 0) is 0 Å². The van der Waals surface area contributed by atoms with Crippen molar-refractivity contribution in [3.05, 3.63) is 0 Å². The van der Waals surface area contributed by atoms with Gasteiger partial charge < -0.3 is 11.4 Å². The van der Waals surface area contributed by atoms with Crippen LogP contribution in [-0.4, -0.2) is 0 Å². The molecule has 0 amide bonds. The fourth-order valence-corrected chi connectivity index (χ4v) is 0. The van der Waals surface area contributed by atoms with Crippen LogP contribution in [0.15, 0.2) is 0 Å². The van der Waals surface area contributed by atoms with Gasteiger partial charge in [-0.25, -0.2) is 0 Å². The van der Waals surface area contributed by atoms with Crippen LogP contribution >= 0.6 is 17.0 Å². The van der Waals surface area contributed by atoms with Gasteiger partial charge in [0, 0.05) is 0 Å². The van der Waals surface area contributed by atoms with Crippen molar-refractivity contribution in [3.8, 4) is 0 Å². The summed E-state index contributed by atoms with van der Waals surface area (Å²) < 4.78 is 9.26. The van der Waals surface area contributed by atoms with E-state index in [1.54, 1.807) is 0 Å². The topological polar surface area (TPSA) is 17.1 Å². The maximum atomic E-state index is 9.26. The molecular weight excluding hydrogens is 178 g/mol. The summed E-state index contributed by atoms with van der Waals surface area (Å²) in [5.41, 5.74) is 0. The van der Waals surface area contributed by atoms with Crippen LogP contribution in [0.5, 0.6) is 0 Å². The summed E-state index contributed by atoms with van der Waals surface area (Å²) >= 11 is -2.85. The fourth-order valence-electron chi connectivity index (χ4n) is 0. The molecule has 0 fully saturated rings. The Morgan fingerprint density at radius 2 is 1.75 bits per heavy atom. The van der Waals surface area contributed by atoms with E-state index in [1.165, 1.54) is 0 Å². The summed E-state index contributed by atoms with van der Waals surface area (Å²) in [6.45, 7) is 0. The first-order valence-corrected chi connectivity index (χ1v) is 7.92. The monoisotopic (exact) mass is 184 g/mol. The van der Waals surface area contributed by atoms with Gasteiger partial charge >= 0.3 is 39.2 Å². The van der Waals surface area contributed by atoms with Crippen molar-refractivity contribution in [2.45, 2.75) is 0 Å². The second kappa shape index (κ2) is 2.50. The average Bonchev–Trinajstić information content (AvgIpc) is 0.811. The quantitative estimate of drug-likeness (QED) is 0.566. The molecular formula is H8Cl2OZr-8. The van der Waals surface area contributed by atoms with E-state index in [0.29, 0.717) is 0 Å². The van der Waals surface area contributed by atoms with Crippen LogP contribution < -0.4 is 0 Å². The Labute approximate surface area is 51.0 Å². The van der Waals surface area contributed by atoms with E-state index in [4.69, 9.17) is 0 Å². The van der Waals surface area contributed by atoms with E-state index in [1.807, 2.05) is 0 Å². The zero-order valence-electron chi connectivity index (χ0n) is 9.66. The van der Waals surface area contributed by atoms with Crippen LogP contribution in [0.1, 0.15) is 11.4 Å². The van der Waals surface area contributed by atoms with Gasteiger partial charge in [-0.15, -0.1) is 0 Å². The molecule has 0 atom stereocenters. The van der Waals surface area contributed by atoms with E-state index in [2.05, 4.69) is 17.0 Å². The van der Waals surface area contributed by atoms with Gasteiger partial charge in [0.15, 0.2) is 0 Å². The van der Waals surface area contributed by atoms with E-state index in [9.17, 15) is 2.81 Å². The minimum absolute atomic E-state index is 0. The molecule has 0 spiro atoms. The van der Waals surface area contributed by atoms with Gasteiger partial charge in [0.1, 0.15) is 0 Å². The van der Waals surface area contributed by atoms with Crippen LogP contribution in [0.4, 0.5) is 0 Å². The molecule has 0 aliphatic heterocycles. The van der Waals surface area contributed by atoms with Crippen molar-refractivity contribution in [2.24, 2.45) is 0 Å². The van der Waals surface area contributed by atoms with Gasteiger partial charge in [0.05, 0.1) is 0 Å². The Kier molecular flexibility index (Phi) is 3.29. The molecule has 4 heavy (non-hydrogen) atoms. The average molecular weight is 186 g/mol. The molecule has 0 saturated heterocycles. The Morgan fingerprint density at radius 3 is 1.75 bits per heavy atom. The molecule has 0 aliphatic rings. The van der Waals surface area contributed by atoms with Gasteiger partial charge in [0.25, 0.3) is 0 Å². The van der Waals surface area contributed by atoms with Gasteiger partial charge in [0.2, 0.25) is 0 Å². The maximum absolute atomic E-state index is 9.26. The second-order valence-corrected chi connectivity index (χ2v) is 6.54. The van der Waals surface area contributed by atoms with E-state index < -0.39 is 19.4 Å². The number of hydrogen-bond acceptors (Lipinski definition) is 1. The van der Waals surface area contributed by atoms with Crippen molar-refractivity contribution >= 4 is 17.0 Å². The number of hydrogen-bond donors (Lipinski definition) is 0. The molecule has 0 bridgehead atoms. The van der Waals surface area contributed by atoms with E-state index >= 15 is 0 Å². The Balaban J connectivity index is -0.00000000161. The first kappa shape index (κ1) is 5.26. The van der Waals surface area contributed by atoms with Crippen molar-refractivity contribution in [1.29, 1.82) is 0 Å². The molecule has 40 valence electrons. The van der Waals surface area contributed by atoms with Crippen molar-refractivity contribution in [2.75, 3.05) is 0 Å². The van der Waals surface area contributed by atoms with Crippen molar-refractivity contribution < 1.29 is 33.6 Å². The summed E-state index contributed by atoms with van der Waals surface area (Å²) in [7, 11) is 9.36. The summed E-state index contributed by atoms with van der Waals surface area (Å²) in [5.74, 6) is 0. The third-order valence-electron chi connectivity index (χ3n) is 0. The molecule has 0 aliphatic carbocycles. The third-order valence-corrected chi connectivity index (χ3v) is 0. The molecule has 0 heterocycles. The Morgan fingerprint density at radius 1 is 1.75 bits per heavy atom. The molecule has 0 saturated carbocycles. The number of halogens is 2. The van der Waals surface area contributed by atoms with Gasteiger partial charge in [-0.3, -0.25) is 0 Å². The van der Waals surface area contributed by atoms with Crippen LogP contribution in [0, 0.1) is 0 Å². The normalized spacial score (nSPS) is 6.50. The third kappa shape index (κ3) is 10.5. The molecule has 0 radical (unpaired) electrons. The Bertz CT molecular complexity index is 40.0. The Hall–Kier alpha value is 1.26. The van der Waals surface area contributed by atoms with Crippen LogP contribution in [0.2, 0.25) is 0 Å². The van der Waals surface area contributed by atoms with Crippen LogP contribution in [0.3, 0.4) is 0 Å². The first-order chi connectivity index (χ1) is 1.73. The van der Waals surface area contributed by atoms with E-state index in [-0.39, 0.29) is 11.4 Å². The zero-order chi connectivity index (χ0) is 3.58. The van der Waals surface area contributed by atoms with Gasteiger partial charge in [-0.2, -0.15) is 0 Å². The zero-order valence-corrected chi connectivity index (χ0v) is 5.63. The van der Waals surface area contributed by atoms with E-state index in [0.717, 1.165) is 0 Å². The molecule has 0 N–H and O–H groups in total. The van der Waals surface area contributed by atoms with Crippen molar-refractivity contribution in [3.63, 3.8) is 0 Å². The second-order valence-electron chi connectivity index (χ2n) is 0.226. The molecule has 4 heteroatoms. The molecule has 0 aromatic carbocycles. The summed E-state index contributed by atoms with van der Waals surface area (Å²) in [6, 6.07) is 0. The first-order valence-electron chi connectivity index (χ1n) is 0.582. The minimum atomic E-state index is -2.85. The predicted molar refractivity (Wildman–Crippen MR) is 21.3 cm³/mol. The SMILES string of the molecule is [H-].[H-].[H-].[H-].[H-].[H-].[H-].[H-].[O]=[Zr]([Cl])[Cl]. The van der Waals surface area contributed by atoms with Crippen LogP contribution in [0.25, 0.3) is 0 Å². The molecule has 0 unspecified atom stereocenters. The number of rotatable bonds is 0. The van der Waals surface area contributed by atoms with Crippen molar-refractivity contribution in [1.82, 2.24) is 0 Å². The molecule has 1 nitrogen and oxygen atoms in total. The fraction of sp³-hybridized carbons (Fsp3) is 0. The summed E-state index contributed by atoms with van der Waals surface area (Å²) in [5, 5.41) is 0. The van der Waals surface area contributed by atoms with Crippen LogP contribution in [-0.2, 0) is 22.2 Å². The van der Waals surface area contributed by atoms with Gasteiger partial charge in [-0.1, -0.05) is 0 Å². The predicted octanol–water partition coefficient (Wildman–Crippen LogP) is 2.16. The standard InChI is InChI=1S/2ClH.O.Zr.8H/h2*1H;;;;;;;;;;/q;;;+2;8*-1/p-2. The summed E-state index contributed by atoms with van der Waals surface area (Å²) in [4.78, 5) is 0. The summed E-state index contributed by atoms with van der Waals surface area (Å²) in [6.07, 6.45) is 0.